The number of carboxylic acids is 2. The Labute approximate surface area is 145 Å². The number of primary amides is 2. The summed E-state index contributed by atoms with van der Waals surface area (Å²) >= 11 is 0. The van der Waals surface area contributed by atoms with Crippen molar-refractivity contribution in [3.05, 3.63) is 23.7 Å². The number of nitrogens with two attached hydrogens (primary N) is 2. The van der Waals surface area contributed by atoms with E-state index in [0.717, 1.165) is 50.9 Å². The third-order valence-electron chi connectivity index (χ3n) is 3.19. The molecule has 0 radical (unpaired) electrons. The Morgan fingerprint density at radius 2 is 1.24 bits per heavy atom. The second-order valence-electron chi connectivity index (χ2n) is 5.33. The van der Waals surface area contributed by atoms with Crippen LogP contribution in [0.5, 0.6) is 0 Å². The Balaban J connectivity index is 0.000000472. The molecule has 0 saturated heterocycles. The van der Waals surface area contributed by atoms with Crippen LogP contribution in [0.4, 0.5) is 0 Å². The van der Waals surface area contributed by atoms with Crippen LogP contribution in [0.2, 0.25) is 0 Å². The summed E-state index contributed by atoms with van der Waals surface area (Å²) in [6.45, 7) is 0. The number of carbonyl (C=O) groups excluding carboxylic acids is 2. The number of hydrogen-bond acceptors (Lipinski definition) is 5. The Morgan fingerprint density at radius 3 is 1.56 bits per heavy atom. The molecule has 1 heterocycles. The molecular formula is C16H24N2O7. The lowest BCUT2D eigenvalue weighted by molar-refractivity contribution is -0.119. The smallest absolute Gasteiger partial charge is 0.372 e. The third-order valence-corrected chi connectivity index (χ3v) is 3.19. The van der Waals surface area contributed by atoms with E-state index in [1.54, 1.807) is 0 Å². The van der Waals surface area contributed by atoms with Crippen LogP contribution in [0.15, 0.2) is 16.7 Å². The zero-order chi connectivity index (χ0) is 19.2. The zero-order valence-electron chi connectivity index (χ0n) is 13.9. The second-order valence-corrected chi connectivity index (χ2v) is 5.33. The van der Waals surface area contributed by atoms with Crippen molar-refractivity contribution >= 4 is 23.8 Å². The van der Waals surface area contributed by atoms with Crippen LogP contribution >= 0.6 is 0 Å². The minimum absolute atomic E-state index is 0.223. The number of furan rings is 1. The number of aromatic carboxylic acids is 2. The van der Waals surface area contributed by atoms with Crippen LogP contribution in [0.1, 0.15) is 72.3 Å². The summed E-state index contributed by atoms with van der Waals surface area (Å²) in [6, 6.07) is 1.09. The molecule has 0 saturated carbocycles. The second kappa shape index (κ2) is 12.6. The van der Waals surface area contributed by atoms with E-state index >= 15 is 0 Å². The fourth-order valence-electron chi connectivity index (χ4n) is 1.95. The number of rotatable bonds is 11. The Morgan fingerprint density at radius 1 is 0.800 bits per heavy atom. The summed E-state index contributed by atoms with van der Waals surface area (Å²) in [5, 5.41) is 16.7. The third kappa shape index (κ3) is 11.4. The van der Waals surface area contributed by atoms with E-state index in [9.17, 15) is 19.2 Å². The highest BCUT2D eigenvalue weighted by Gasteiger charge is 2.18. The summed E-state index contributed by atoms with van der Waals surface area (Å²) in [4.78, 5) is 41.3. The first-order chi connectivity index (χ1) is 11.8. The number of carbonyl (C=O) groups is 4. The average molecular weight is 356 g/mol. The van der Waals surface area contributed by atoms with Gasteiger partial charge in [0.2, 0.25) is 17.6 Å². The predicted molar refractivity (Wildman–Crippen MR) is 88.0 cm³/mol. The molecule has 0 aliphatic carbocycles. The van der Waals surface area contributed by atoms with Gasteiger partial charge >= 0.3 is 11.9 Å². The molecule has 1 rings (SSSR count). The number of amides is 2. The quantitative estimate of drug-likeness (QED) is 0.437. The van der Waals surface area contributed by atoms with Crippen molar-refractivity contribution in [1.82, 2.24) is 0 Å². The van der Waals surface area contributed by atoms with Crippen LogP contribution in [-0.4, -0.2) is 34.0 Å². The lowest BCUT2D eigenvalue weighted by Gasteiger charge is -1.99. The van der Waals surface area contributed by atoms with Gasteiger partial charge in [-0.25, -0.2) is 9.59 Å². The van der Waals surface area contributed by atoms with Crippen molar-refractivity contribution in [3.63, 3.8) is 0 Å². The van der Waals surface area contributed by atoms with Gasteiger partial charge in [0.05, 0.1) is 6.26 Å². The summed E-state index contributed by atoms with van der Waals surface area (Å²) in [5.41, 5.74) is 9.66. The Hall–Kier alpha value is -2.84. The van der Waals surface area contributed by atoms with Crippen molar-refractivity contribution in [2.75, 3.05) is 0 Å². The van der Waals surface area contributed by atoms with E-state index in [-0.39, 0.29) is 17.4 Å². The summed E-state index contributed by atoms with van der Waals surface area (Å²) in [7, 11) is 0. The molecule has 9 heteroatoms. The van der Waals surface area contributed by atoms with E-state index in [1.165, 1.54) is 0 Å². The minimum atomic E-state index is -1.38. The van der Waals surface area contributed by atoms with Crippen LogP contribution in [0.3, 0.4) is 0 Å². The molecule has 0 aromatic carbocycles. The topological polar surface area (TPSA) is 174 Å². The van der Waals surface area contributed by atoms with Crippen molar-refractivity contribution in [2.24, 2.45) is 11.5 Å². The van der Waals surface area contributed by atoms with Gasteiger partial charge < -0.3 is 26.1 Å². The molecule has 25 heavy (non-hydrogen) atoms. The highest BCUT2D eigenvalue weighted by atomic mass is 16.4. The summed E-state index contributed by atoms with van der Waals surface area (Å²) < 4.78 is 4.41. The van der Waals surface area contributed by atoms with Gasteiger partial charge in [0.1, 0.15) is 5.56 Å². The molecule has 0 spiro atoms. The van der Waals surface area contributed by atoms with Gasteiger partial charge in [-0.1, -0.05) is 25.7 Å². The molecule has 0 aliphatic heterocycles. The number of unbranched alkanes of at least 4 members (excludes halogenated alkanes) is 5. The van der Waals surface area contributed by atoms with E-state index < -0.39 is 17.7 Å². The SMILES string of the molecule is NC(=O)CCCCCCCCC(N)=O.O=C(O)c1ccoc1C(=O)O. The van der Waals surface area contributed by atoms with Gasteiger partial charge in [-0.05, 0) is 18.9 Å². The van der Waals surface area contributed by atoms with Gasteiger partial charge in [0.25, 0.3) is 0 Å². The lowest BCUT2D eigenvalue weighted by Crippen LogP contribution is -2.09. The molecule has 2 amide bonds. The molecule has 6 N–H and O–H groups in total. The maximum atomic E-state index is 10.4. The van der Waals surface area contributed by atoms with Crippen molar-refractivity contribution in [1.29, 1.82) is 0 Å². The van der Waals surface area contributed by atoms with E-state index in [1.807, 2.05) is 0 Å². The summed E-state index contributed by atoms with van der Waals surface area (Å²) in [5.74, 6) is -3.68. The standard InChI is InChI=1S/C10H20N2O2.C6H4O5/c11-9(13)7-5-3-1-2-4-6-8-10(12)14;7-5(8)3-1-2-11-4(3)6(9)10/h1-8H2,(H2,11,13)(H2,12,14);1-2H,(H,7,8)(H,9,10). The number of carboxylic acid groups (broad SMARTS) is 2. The van der Waals surface area contributed by atoms with Crippen LogP contribution in [0, 0.1) is 0 Å². The molecule has 1 aromatic heterocycles. The van der Waals surface area contributed by atoms with Gasteiger partial charge in [-0.15, -0.1) is 0 Å². The summed E-state index contributed by atoms with van der Waals surface area (Å²) in [6.07, 6.45) is 8.04. The highest BCUT2D eigenvalue weighted by Crippen LogP contribution is 2.09. The highest BCUT2D eigenvalue weighted by molar-refractivity contribution is 5.99. The van der Waals surface area contributed by atoms with Crippen molar-refractivity contribution in [3.8, 4) is 0 Å². The molecule has 1 aromatic rings. The molecule has 0 fully saturated rings. The van der Waals surface area contributed by atoms with Crippen LogP contribution in [0.25, 0.3) is 0 Å². The first-order valence-corrected chi connectivity index (χ1v) is 7.86. The van der Waals surface area contributed by atoms with Gasteiger partial charge in [-0.3, -0.25) is 9.59 Å². The normalized spacial score (nSPS) is 9.76. The van der Waals surface area contributed by atoms with Crippen molar-refractivity contribution < 1.29 is 33.8 Å². The Bertz CT molecular complexity index is 532. The average Bonchev–Trinajstić information content (AvgIpc) is 3.00. The fraction of sp³-hybridized carbons (Fsp3) is 0.500. The maximum Gasteiger partial charge on any atom is 0.372 e. The molecule has 0 aliphatic rings. The fourth-order valence-corrected chi connectivity index (χ4v) is 1.95. The molecule has 0 bridgehead atoms. The first kappa shape index (κ1) is 22.2. The van der Waals surface area contributed by atoms with E-state index in [2.05, 4.69) is 4.42 Å². The molecule has 0 unspecified atom stereocenters. The molecule has 140 valence electrons. The molecule has 9 nitrogen and oxygen atoms in total. The van der Waals surface area contributed by atoms with Gasteiger partial charge in [0.15, 0.2) is 0 Å². The minimum Gasteiger partial charge on any atom is -0.478 e. The first-order valence-electron chi connectivity index (χ1n) is 7.86. The van der Waals surface area contributed by atoms with Gasteiger partial charge in [-0.2, -0.15) is 0 Å². The zero-order valence-corrected chi connectivity index (χ0v) is 13.9. The van der Waals surface area contributed by atoms with Gasteiger partial charge in [0, 0.05) is 12.8 Å². The maximum absolute atomic E-state index is 10.4. The largest absolute Gasteiger partial charge is 0.478 e. The van der Waals surface area contributed by atoms with Crippen LogP contribution in [-0.2, 0) is 9.59 Å². The van der Waals surface area contributed by atoms with E-state index in [4.69, 9.17) is 21.7 Å². The van der Waals surface area contributed by atoms with E-state index in [0.29, 0.717) is 12.8 Å². The molecular weight excluding hydrogens is 332 g/mol. The monoisotopic (exact) mass is 356 g/mol. The Kier molecular flexibility index (Phi) is 11.1. The number of hydrogen-bond donors (Lipinski definition) is 4. The van der Waals surface area contributed by atoms with Crippen molar-refractivity contribution in [2.45, 2.75) is 51.4 Å². The molecule has 0 atom stereocenters. The lowest BCUT2D eigenvalue weighted by atomic mass is 10.1. The van der Waals surface area contributed by atoms with Crippen LogP contribution < -0.4 is 11.5 Å². The predicted octanol–water partition coefficient (Wildman–Crippen LogP) is 1.75.